The Morgan fingerprint density at radius 3 is 1.37 bits per heavy atom. The number of rotatable bonds is 9. The Labute approximate surface area is 194 Å². The van der Waals surface area contributed by atoms with Gasteiger partial charge in [0.1, 0.15) is 0 Å². The van der Waals surface area contributed by atoms with Crippen LogP contribution >= 0.6 is 0 Å². The maximum absolute atomic E-state index is 8.89. The van der Waals surface area contributed by atoms with E-state index in [1.807, 2.05) is 0 Å². The van der Waals surface area contributed by atoms with Crippen molar-refractivity contribution < 1.29 is 82.9 Å². The van der Waals surface area contributed by atoms with Crippen LogP contribution in [0.3, 0.4) is 0 Å². The average molecular weight is 557 g/mol. The molecule has 13 heteroatoms. The molecule has 0 aromatic rings. The minimum atomic E-state index is -2.35. The standard InChI is InChI=1S/C8H22N2O3Si.3C2H4O2.Gd/c1-11-14(12-2,13-3)8-4-6-10-7-5-9;3*1-2(3)4;/h10H,4-9H2,1-3H3;3*1H3,(H,3,4);/q;;;;+3/p-3. The van der Waals surface area contributed by atoms with Crippen LogP contribution in [0.15, 0.2) is 0 Å². The molecule has 3 N–H and O–H groups in total. The van der Waals surface area contributed by atoms with E-state index in [-0.39, 0.29) is 39.9 Å². The number of carboxylic acids is 3. The molecule has 0 unspecified atom stereocenters. The number of aliphatic carboxylic acids is 3. The maximum Gasteiger partial charge on any atom is 3.00 e. The Morgan fingerprint density at radius 2 is 1.15 bits per heavy atom. The summed E-state index contributed by atoms with van der Waals surface area (Å²) in [6, 6.07) is 0.827. The summed E-state index contributed by atoms with van der Waals surface area (Å²) in [5, 5.41) is 29.9. The van der Waals surface area contributed by atoms with E-state index in [1.54, 1.807) is 21.3 Å². The fraction of sp³-hybridized carbons (Fsp3) is 0.786. The van der Waals surface area contributed by atoms with Gasteiger partial charge in [-0.25, -0.2) is 0 Å². The van der Waals surface area contributed by atoms with Crippen molar-refractivity contribution in [3.05, 3.63) is 0 Å². The largest absolute Gasteiger partial charge is 3.00 e. The zero-order valence-corrected chi connectivity index (χ0v) is 19.9. The number of nitrogens with one attached hydrogen (secondary N) is 1. The molecule has 163 valence electrons. The molecule has 0 saturated carbocycles. The average Bonchev–Trinajstić information content (AvgIpc) is 2.50. The van der Waals surface area contributed by atoms with Crippen LogP contribution in [0.2, 0.25) is 6.04 Å². The van der Waals surface area contributed by atoms with Gasteiger partial charge in [-0.1, -0.05) is 0 Å². The van der Waals surface area contributed by atoms with E-state index in [2.05, 4.69) is 5.32 Å². The summed E-state index contributed by atoms with van der Waals surface area (Å²) in [4.78, 5) is 26.7. The van der Waals surface area contributed by atoms with Crippen LogP contribution in [0.4, 0.5) is 0 Å². The number of hydrogen-bond donors (Lipinski definition) is 2. The molecule has 11 nitrogen and oxygen atoms in total. The Morgan fingerprint density at radius 1 is 0.852 bits per heavy atom. The minimum absolute atomic E-state index is 0. The van der Waals surface area contributed by atoms with E-state index in [1.165, 1.54) is 0 Å². The SMILES string of the molecule is CC(=O)[O-].CC(=O)[O-].CC(=O)[O-].CO[Si](CCCNCCN)(OC)OC.[Gd+3]. The van der Waals surface area contributed by atoms with Crippen LogP contribution in [-0.2, 0) is 27.7 Å². The van der Waals surface area contributed by atoms with Crippen LogP contribution in [0, 0.1) is 39.9 Å². The first-order valence-electron chi connectivity index (χ1n) is 7.53. The van der Waals surface area contributed by atoms with Crippen molar-refractivity contribution in [3.63, 3.8) is 0 Å². The van der Waals surface area contributed by atoms with Gasteiger partial charge in [0.25, 0.3) is 0 Å². The number of hydrogen-bond acceptors (Lipinski definition) is 11. The van der Waals surface area contributed by atoms with Crippen LogP contribution < -0.4 is 26.4 Å². The molecule has 0 spiro atoms. The van der Waals surface area contributed by atoms with Crippen LogP contribution in [0.1, 0.15) is 27.2 Å². The molecule has 0 heterocycles. The Balaban J connectivity index is -0.000000102. The Kier molecular flexibility index (Phi) is 38.8. The molecule has 0 saturated heterocycles. The normalized spacial score (nSPS) is 9.00. The molecule has 27 heavy (non-hydrogen) atoms. The monoisotopic (exact) mass is 557 g/mol. The topological polar surface area (TPSA) is 186 Å². The summed E-state index contributed by atoms with van der Waals surface area (Å²) in [6.07, 6.45) is 0.974. The molecule has 0 aliphatic rings. The molecule has 0 rings (SSSR count). The van der Waals surface area contributed by atoms with Crippen LogP contribution in [0.5, 0.6) is 0 Å². The third-order valence-electron chi connectivity index (χ3n) is 2.09. The van der Waals surface area contributed by atoms with E-state index in [0.717, 1.165) is 46.3 Å². The smallest absolute Gasteiger partial charge is 0.550 e. The molecule has 0 aromatic carbocycles. The predicted octanol–water partition coefficient (Wildman–Crippen LogP) is -3.93. The van der Waals surface area contributed by atoms with E-state index >= 15 is 0 Å². The van der Waals surface area contributed by atoms with Crippen molar-refractivity contribution in [1.82, 2.24) is 5.32 Å². The van der Waals surface area contributed by atoms with E-state index in [0.29, 0.717) is 6.54 Å². The summed E-state index contributed by atoms with van der Waals surface area (Å²) < 4.78 is 15.9. The predicted molar refractivity (Wildman–Crippen MR) is 90.2 cm³/mol. The fourth-order valence-corrected chi connectivity index (χ4v) is 2.94. The summed E-state index contributed by atoms with van der Waals surface area (Å²) in [5.74, 6) is -3.25. The number of carboxylic acid groups (broad SMARTS) is 3. The summed E-state index contributed by atoms with van der Waals surface area (Å²) >= 11 is 0. The second-order valence-electron chi connectivity index (χ2n) is 4.41. The molecular formula is C14H31GdN2O9Si. The third kappa shape index (κ3) is 51.8. The van der Waals surface area contributed by atoms with Crippen molar-refractivity contribution in [2.45, 2.75) is 33.2 Å². The summed E-state index contributed by atoms with van der Waals surface area (Å²) in [6.45, 7) is 5.35. The van der Waals surface area contributed by atoms with E-state index < -0.39 is 26.7 Å². The van der Waals surface area contributed by atoms with Crippen molar-refractivity contribution >= 4 is 26.7 Å². The summed E-state index contributed by atoms with van der Waals surface area (Å²) in [5.41, 5.74) is 5.35. The zero-order valence-electron chi connectivity index (χ0n) is 16.6. The number of nitrogens with two attached hydrogens (primary N) is 1. The van der Waals surface area contributed by atoms with Gasteiger partial charge in [0.15, 0.2) is 0 Å². The van der Waals surface area contributed by atoms with Gasteiger partial charge in [0, 0.05) is 58.4 Å². The van der Waals surface area contributed by atoms with Crippen LogP contribution in [-0.4, -0.2) is 67.7 Å². The van der Waals surface area contributed by atoms with Gasteiger partial charge in [-0.3, -0.25) is 0 Å². The first-order chi connectivity index (χ1) is 11.9. The van der Waals surface area contributed by atoms with Crippen molar-refractivity contribution in [1.29, 1.82) is 0 Å². The molecule has 0 fully saturated rings. The van der Waals surface area contributed by atoms with Gasteiger partial charge in [-0.05, 0) is 33.7 Å². The van der Waals surface area contributed by atoms with Crippen molar-refractivity contribution in [3.8, 4) is 0 Å². The van der Waals surface area contributed by atoms with Crippen LogP contribution in [0.25, 0.3) is 0 Å². The zero-order chi connectivity index (χ0) is 21.6. The fourth-order valence-electron chi connectivity index (χ4n) is 1.21. The van der Waals surface area contributed by atoms with Crippen molar-refractivity contribution in [2.75, 3.05) is 41.0 Å². The van der Waals surface area contributed by atoms with Gasteiger partial charge >= 0.3 is 48.7 Å². The first-order valence-corrected chi connectivity index (χ1v) is 9.46. The molecule has 0 bridgehead atoms. The van der Waals surface area contributed by atoms with Gasteiger partial charge in [0.05, 0.1) is 0 Å². The molecule has 0 aliphatic carbocycles. The minimum Gasteiger partial charge on any atom is -0.550 e. The van der Waals surface area contributed by atoms with Gasteiger partial charge < -0.3 is 54.0 Å². The maximum atomic E-state index is 8.89. The van der Waals surface area contributed by atoms with Gasteiger partial charge in [-0.15, -0.1) is 0 Å². The second kappa shape index (κ2) is 28.0. The van der Waals surface area contributed by atoms with E-state index in [4.69, 9.17) is 48.7 Å². The molecule has 0 aliphatic heterocycles. The van der Waals surface area contributed by atoms with Gasteiger partial charge in [0.2, 0.25) is 0 Å². The molecule has 0 amide bonds. The van der Waals surface area contributed by atoms with E-state index in [9.17, 15) is 0 Å². The summed E-state index contributed by atoms with van der Waals surface area (Å²) in [7, 11) is 2.55. The second-order valence-corrected chi connectivity index (χ2v) is 7.50. The first kappa shape index (κ1) is 37.5. The number of carbonyl (C=O) groups excluding carboxylic acids is 3. The quantitative estimate of drug-likeness (QED) is 0.209. The Bertz CT molecular complexity index is 311. The molecule has 0 aromatic heterocycles. The number of carbonyl (C=O) groups is 3. The Hall–Kier alpha value is -0.248. The third-order valence-corrected chi connectivity index (χ3v) is 4.92. The molecular weight excluding hydrogens is 525 g/mol. The van der Waals surface area contributed by atoms with Gasteiger partial charge in [-0.2, -0.15) is 0 Å². The molecule has 1 radical (unpaired) electrons. The van der Waals surface area contributed by atoms with Crippen molar-refractivity contribution in [2.24, 2.45) is 5.73 Å². The molecule has 0 atom stereocenters.